The minimum absolute atomic E-state index is 0.0231. The SMILES string of the molecule is CC(N)Cc1cccc(F)c1OCCCn1ccnc1. The highest BCUT2D eigenvalue weighted by Gasteiger charge is 2.11. The van der Waals surface area contributed by atoms with E-state index in [0.717, 1.165) is 18.5 Å². The summed E-state index contributed by atoms with van der Waals surface area (Å²) >= 11 is 0. The van der Waals surface area contributed by atoms with Crippen LogP contribution in [-0.2, 0) is 13.0 Å². The van der Waals surface area contributed by atoms with Gasteiger partial charge in [0.25, 0.3) is 0 Å². The lowest BCUT2D eigenvalue weighted by Crippen LogP contribution is -2.18. The van der Waals surface area contributed by atoms with Crippen LogP contribution in [-0.4, -0.2) is 22.2 Å². The third kappa shape index (κ3) is 4.06. The molecule has 1 unspecified atom stereocenters. The molecule has 0 saturated carbocycles. The molecule has 2 N–H and O–H groups in total. The largest absolute Gasteiger partial charge is 0.490 e. The molecule has 1 atom stereocenters. The summed E-state index contributed by atoms with van der Waals surface area (Å²) in [6.07, 6.45) is 6.78. The normalized spacial score (nSPS) is 12.3. The predicted octanol–water partition coefficient (Wildman–Crippen LogP) is 2.38. The van der Waals surface area contributed by atoms with Gasteiger partial charge in [0.1, 0.15) is 0 Å². The van der Waals surface area contributed by atoms with Gasteiger partial charge in [0.15, 0.2) is 11.6 Å². The first-order chi connectivity index (χ1) is 9.66. The second-order valence-electron chi connectivity index (χ2n) is 4.91. The fraction of sp³-hybridized carbons (Fsp3) is 0.400. The molecule has 20 heavy (non-hydrogen) atoms. The minimum Gasteiger partial charge on any atom is -0.490 e. The Bertz CT molecular complexity index is 526. The molecule has 0 aliphatic heterocycles. The summed E-state index contributed by atoms with van der Waals surface area (Å²) in [6, 6.07) is 4.93. The first-order valence-corrected chi connectivity index (χ1v) is 6.78. The van der Waals surface area contributed by atoms with Gasteiger partial charge in [-0.1, -0.05) is 12.1 Å². The van der Waals surface area contributed by atoms with E-state index in [-0.39, 0.29) is 11.9 Å². The fourth-order valence-electron chi connectivity index (χ4n) is 2.06. The quantitative estimate of drug-likeness (QED) is 0.791. The van der Waals surface area contributed by atoms with E-state index in [1.165, 1.54) is 6.07 Å². The molecule has 108 valence electrons. The lowest BCUT2D eigenvalue weighted by atomic mass is 10.1. The second kappa shape index (κ2) is 7.05. The van der Waals surface area contributed by atoms with Crippen LogP contribution in [0.2, 0.25) is 0 Å². The van der Waals surface area contributed by atoms with Crippen LogP contribution >= 0.6 is 0 Å². The second-order valence-corrected chi connectivity index (χ2v) is 4.91. The van der Waals surface area contributed by atoms with E-state index in [4.69, 9.17) is 10.5 Å². The molecule has 0 spiro atoms. The van der Waals surface area contributed by atoms with Crippen molar-refractivity contribution in [2.75, 3.05) is 6.61 Å². The van der Waals surface area contributed by atoms with Crippen molar-refractivity contribution in [2.45, 2.75) is 32.4 Å². The Hall–Kier alpha value is -1.88. The zero-order valence-electron chi connectivity index (χ0n) is 11.6. The Labute approximate surface area is 118 Å². The molecular weight excluding hydrogens is 257 g/mol. The van der Waals surface area contributed by atoms with Crippen molar-refractivity contribution < 1.29 is 9.13 Å². The van der Waals surface area contributed by atoms with Crippen LogP contribution in [0.1, 0.15) is 18.9 Å². The highest BCUT2D eigenvalue weighted by atomic mass is 19.1. The Morgan fingerprint density at radius 2 is 2.30 bits per heavy atom. The fourth-order valence-corrected chi connectivity index (χ4v) is 2.06. The summed E-state index contributed by atoms with van der Waals surface area (Å²) in [5, 5.41) is 0. The van der Waals surface area contributed by atoms with E-state index in [2.05, 4.69) is 4.98 Å². The maximum absolute atomic E-state index is 13.8. The highest BCUT2D eigenvalue weighted by molar-refractivity contribution is 5.35. The van der Waals surface area contributed by atoms with Gasteiger partial charge in [0.05, 0.1) is 12.9 Å². The number of halogens is 1. The van der Waals surface area contributed by atoms with Gasteiger partial charge in [-0.25, -0.2) is 9.37 Å². The van der Waals surface area contributed by atoms with E-state index in [1.54, 1.807) is 18.6 Å². The number of rotatable bonds is 7. The van der Waals surface area contributed by atoms with Gasteiger partial charge < -0.3 is 15.0 Å². The number of ether oxygens (including phenoxy) is 1. The number of benzene rings is 1. The average Bonchev–Trinajstić information content (AvgIpc) is 2.89. The highest BCUT2D eigenvalue weighted by Crippen LogP contribution is 2.24. The summed E-state index contributed by atoms with van der Waals surface area (Å²) < 4.78 is 21.4. The first kappa shape index (κ1) is 14.5. The maximum Gasteiger partial charge on any atom is 0.165 e. The molecule has 0 radical (unpaired) electrons. The molecule has 0 aliphatic carbocycles. The zero-order chi connectivity index (χ0) is 14.4. The topological polar surface area (TPSA) is 53.1 Å². The van der Waals surface area contributed by atoms with Crippen molar-refractivity contribution in [3.63, 3.8) is 0 Å². The molecule has 0 saturated heterocycles. The lowest BCUT2D eigenvalue weighted by molar-refractivity contribution is 0.284. The van der Waals surface area contributed by atoms with E-state index in [9.17, 15) is 4.39 Å². The lowest BCUT2D eigenvalue weighted by Gasteiger charge is -2.14. The van der Waals surface area contributed by atoms with Crippen LogP contribution in [0.25, 0.3) is 0 Å². The Morgan fingerprint density at radius 1 is 1.45 bits per heavy atom. The van der Waals surface area contributed by atoms with Gasteiger partial charge in [-0.2, -0.15) is 0 Å². The number of para-hydroxylation sites is 1. The number of nitrogens with zero attached hydrogens (tertiary/aromatic N) is 2. The zero-order valence-corrected chi connectivity index (χ0v) is 11.6. The predicted molar refractivity (Wildman–Crippen MR) is 76.1 cm³/mol. The van der Waals surface area contributed by atoms with Gasteiger partial charge in [-0.3, -0.25) is 0 Å². The number of nitrogens with two attached hydrogens (primary N) is 1. The molecule has 0 amide bonds. The van der Waals surface area contributed by atoms with Crippen molar-refractivity contribution in [2.24, 2.45) is 5.73 Å². The van der Waals surface area contributed by atoms with Crippen LogP contribution in [0.4, 0.5) is 4.39 Å². The maximum atomic E-state index is 13.8. The van der Waals surface area contributed by atoms with Gasteiger partial charge in [-0.05, 0) is 31.4 Å². The summed E-state index contributed by atoms with van der Waals surface area (Å²) in [6.45, 7) is 3.16. The molecule has 4 nitrogen and oxygen atoms in total. The van der Waals surface area contributed by atoms with Gasteiger partial charge in [-0.15, -0.1) is 0 Å². The number of hydrogen-bond donors (Lipinski definition) is 1. The van der Waals surface area contributed by atoms with Crippen molar-refractivity contribution in [3.8, 4) is 5.75 Å². The molecule has 0 fully saturated rings. The van der Waals surface area contributed by atoms with E-state index < -0.39 is 0 Å². The number of hydrogen-bond acceptors (Lipinski definition) is 3. The summed E-state index contributed by atoms with van der Waals surface area (Å²) in [5.41, 5.74) is 6.60. The number of aromatic nitrogens is 2. The minimum atomic E-state index is -0.328. The molecule has 0 aliphatic rings. The summed E-state index contributed by atoms with van der Waals surface area (Å²) in [4.78, 5) is 3.97. The molecule has 1 aromatic heterocycles. The van der Waals surface area contributed by atoms with Gasteiger partial charge in [0, 0.05) is 25.0 Å². The van der Waals surface area contributed by atoms with Crippen molar-refractivity contribution in [1.29, 1.82) is 0 Å². The molecular formula is C15H20FN3O. The van der Waals surface area contributed by atoms with Gasteiger partial charge in [0.2, 0.25) is 0 Å². The van der Waals surface area contributed by atoms with Crippen LogP contribution in [0, 0.1) is 5.82 Å². The van der Waals surface area contributed by atoms with E-state index in [0.29, 0.717) is 18.8 Å². The average molecular weight is 277 g/mol. The summed E-state index contributed by atoms with van der Waals surface area (Å²) in [5.74, 6) is 0.00112. The third-order valence-electron chi connectivity index (χ3n) is 2.96. The van der Waals surface area contributed by atoms with Crippen LogP contribution in [0.3, 0.4) is 0 Å². The molecule has 0 bridgehead atoms. The smallest absolute Gasteiger partial charge is 0.165 e. The van der Waals surface area contributed by atoms with Crippen molar-refractivity contribution in [3.05, 3.63) is 48.3 Å². The first-order valence-electron chi connectivity index (χ1n) is 6.78. The van der Waals surface area contributed by atoms with E-state index in [1.807, 2.05) is 23.8 Å². The van der Waals surface area contributed by atoms with Crippen LogP contribution < -0.4 is 10.5 Å². The van der Waals surface area contributed by atoms with Gasteiger partial charge >= 0.3 is 0 Å². The Kier molecular flexibility index (Phi) is 5.12. The van der Waals surface area contributed by atoms with E-state index >= 15 is 0 Å². The standard InChI is InChI=1S/C15H20FN3O/c1-12(17)10-13-4-2-5-14(16)15(13)20-9-3-7-19-8-6-18-11-19/h2,4-6,8,11-12H,3,7,9-10,17H2,1H3. The van der Waals surface area contributed by atoms with Crippen LogP contribution in [0.15, 0.2) is 36.9 Å². The molecule has 2 aromatic rings. The van der Waals surface area contributed by atoms with Crippen LogP contribution in [0.5, 0.6) is 5.75 Å². The molecule has 1 aromatic carbocycles. The van der Waals surface area contributed by atoms with Crippen molar-refractivity contribution >= 4 is 0 Å². The van der Waals surface area contributed by atoms with Crippen molar-refractivity contribution in [1.82, 2.24) is 9.55 Å². The number of aryl methyl sites for hydroxylation is 1. The molecule has 1 heterocycles. The molecule has 2 rings (SSSR count). The monoisotopic (exact) mass is 277 g/mol. The Balaban J connectivity index is 1.91. The number of imidazole rings is 1. The summed E-state index contributed by atoms with van der Waals surface area (Å²) in [7, 11) is 0. The molecule has 5 heteroatoms. The Morgan fingerprint density at radius 3 is 3.00 bits per heavy atom. The third-order valence-corrected chi connectivity index (χ3v) is 2.96.